The molecule has 0 radical (unpaired) electrons. The van der Waals surface area contributed by atoms with E-state index in [1.807, 2.05) is 6.07 Å². The first-order valence-electron chi connectivity index (χ1n) is 6.61. The zero-order chi connectivity index (χ0) is 14.0. The van der Waals surface area contributed by atoms with Gasteiger partial charge >= 0.3 is 0 Å². The summed E-state index contributed by atoms with van der Waals surface area (Å²) in [6.07, 6.45) is 2.35. The Morgan fingerprint density at radius 2 is 2.11 bits per heavy atom. The average Bonchev–Trinajstić information content (AvgIpc) is 2.81. The van der Waals surface area contributed by atoms with E-state index >= 15 is 0 Å². The SMILES string of the molecule is CCc1cc(N(CC)CC(C)(C)O)n2ncnc2n1. The van der Waals surface area contributed by atoms with E-state index < -0.39 is 5.60 Å². The second kappa shape index (κ2) is 5.13. The Morgan fingerprint density at radius 3 is 2.68 bits per heavy atom. The van der Waals surface area contributed by atoms with Gasteiger partial charge in [-0.25, -0.2) is 4.98 Å². The summed E-state index contributed by atoms with van der Waals surface area (Å²) in [4.78, 5) is 10.7. The highest BCUT2D eigenvalue weighted by Crippen LogP contribution is 2.18. The van der Waals surface area contributed by atoms with Gasteiger partial charge in [0.25, 0.3) is 5.78 Å². The minimum absolute atomic E-state index is 0.533. The Hall–Kier alpha value is -1.69. The second-order valence-electron chi connectivity index (χ2n) is 5.26. The molecule has 0 unspecified atom stereocenters. The Morgan fingerprint density at radius 1 is 1.37 bits per heavy atom. The fourth-order valence-corrected chi connectivity index (χ4v) is 2.07. The number of aryl methyl sites for hydroxylation is 1. The first kappa shape index (κ1) is 13.7. The first-order chi connectivity index (χ1) is 8.94. The van der Waals surface area contributed by atoms with E-state index in [1.54, 1.807) is 18.4 Å². The minimum atomic E-state index is -0.765. The second-order valence-corrected chi connectivity index (χ2v) is 5.26. The predicted octanol–water partition coefficient (Wildman–Crippen LogP) is 1.28. The fourth-order valence-electron chi connectivity index (χ4n) is 2.07. The number of aliphatic hydroxyl groups is 1. The van der Waals surface area contributed by atoms with E-state index in [-0.39, 0.29) is 0 Å². The molecule has 2 rings (SSSR count). The van der Waals surface area contributed by atoms with E-state index in [2.05, 4.69) is 33.8 Å². The maximum atomic E-state index is 10.0. The molecule has 6 heteroatoms. The van der Waals surface area contributed by atoms with Crippen LogP contribution in [0.2, 0.25) is 0 Å². The van der Waals surface area contributed by atoms with E-state index in [0.717, 1.165) is 24.5 Å². The van der Waals surface area contributed by atoms with Gasteiger partial charge in [0.05, 0.1) is 5.60 Å². The topological polar surface area (TPSA) is 66.5 Å². The highest BCUT2D eigenvalue weighted by atomic mass is 16.3. The van der Waals surface area contributed by atoms with Gasteiger partial charge in [0, 0.05) is 24.8 Å². The van der Waals surface area contributed by atoms with Gasteiger partial charge in [0.15, 0.2) is 0 Å². The van der Waals surface area contributed by atoms with Crippen molar-refractivity contribution in [3.05, 3.63) is 18.1 Å². The molecule has 0 fully saturated rings. The molecule has 0 aliphatic carbocycles. The zero-order valence-corrected chi connectivity index (χ0v) is 12.0. The Labute approximate surface area is 113 Å². The number of hydrogen-bond donors (Lipinski definition) is 1. The van der Waals surface area contributed by atoms with Crippen LogP contribution in [0, 0.1) is 0 Å². The maximum Gasteiger partial charge on any atom is 0.254 e. The van der Waals surface area contributed by atoms with Crippen LogP contribution in [0.5, 0.6) is 0 Å². The quantitative estimate of drug-likeness (QED) is 0.880. The molecule has 0 amide bonds. The smallest absolute Gasteiger partial charge is 0.254 e. The molecule has 0 saturated carbocycles. The molecule has 0 bridgehead atoms. The van der Waals surface area contributed by atoms with Crippen molar-refractivity contribution in [2.45, 2.75) is 39.7 Å². The van der Waals surface area contributed by atoms with Crippen LogP contribution in [0.4, 0.5) is 5.82 Å². The molecule has 0 aliphatic heterocycles. The maximum absolute atomic E-state index is 10.0. The van der Waals surface area contributed by atoms with Gasteiger partial charge in [-0.2, -0.15) is 14.6 Å². The van der Waals surface area contributed by atoms with Crippen molar-refractivity contribution >= 4 is 11.6 Å². The number of hydrogen-bond acceptors (Lipinski definition) is 5. The Bertz CT molecular complexity index is 558. The lowest BCUT2D eigenvalue weighted by Gasteiger charge is -2.29. The lowest BCUT2D eigenvalue weighted by atomic mass is 10.1. The van der Waals surface area contributed by atoms with Crippen LogP contribution < -0.4 is 4.90 Å². The lowest BCUT2D eigenvalue weighted by molar-refractivity contribution is 0.0873. The Kier molecular flexibility index (Phi) is 3.71. The molecular formula is C13H21N5O. The number of rotatable bonds is 5. The molecule has 19 heavy (non-hydrogen) atoms. The summed E-state index contributed by atoms with van der Waals surface area (Å²) in [6.45, 7) is 9.04. The summed E-state index contributed by atoms with van der Waals surface area (Å²) in [5, 5.41) is 14.2. The van der Waals surface area contributed by atoms with Gasteiger partial charge in [-0.05, 0) is 27.2 Å². The third-order valence-corrected chi connectivity index (χ3v) is 2.93. The highest BCUT2D eigenvalue weighted by molar-refractivity contribution is 5.47. The van der Waals surface area contributed by atoms with E-state index in [9.17, 15) is 5.11 Å². The third kappa shape index (κ3) is 3.01. The minimum Gasteiger partial charge on any atom is -0.389 e. The number of likely N-dealkylation sites (N-methyl/N-ethyl adjacent to an activating group) is 1. The summed E-state index contributed by atoms with van der Waals surface area (Å²) < 4.78 is 1.72. The number of fused-ring (bicyclic) bond motifs is 1. The van der Waals surface area contributed by atoms with Crippen LogP contribution >= 0.6 is 0 Å². The molecule has 2 aromatic rings. The van der Waals surface area contributed by atoms with Gasteiger partial charge in [0.2, 0.25) is 0 Å². The Balaban J connectivity index is 2.48. The normalized spacial score (nSPS) is 12.1. The number of anilines is 1. The van der Waals surface area contributed by atoms with Crippen LogP contribution in [-0.2, 0) is 6.42 Å². The molecule has 0 atom stereocenters. The van der Waals surface area contributed by atoms with Crippen molar-refractivity contribution in [2.24, 2.45) is 0 Å². The molecular weight excluding hydrogens is 242 g/mol. The molecule has 0 spiro atoms. The van der Waals surface area contributed by atoms with E-state index in [4.69, 9.17) is 0 Å². The summed E-state index contributed by atoms with van der Waals surface area (Å²) in [5.74, 6) is 1.52. The third-order valence-electron chi connectivity index (χ3n) is 2.93. The number of nitrogens with zero attached hydrogens (tertiary/aromatic N) is 5. The van der Waals surface area contributed by atoms with E-state index in [1.165, 1.54) is 6.33 Å². The van der Waals surface area contributed by atoms with Crippen molar-refractivity contribution in [1.82, 2.24) is 19.6 Å². The molecule has 0 aliphatic rings. The molecule has 0 saturated heterocycles. The monoisotopic (exact) mass is 263 g/mol. The van der Waals surface area contributed by atoms with Gasteiger partial charge < -0.3 is 10.0 Å². The number of aromatic nitrogens is 4. The van der Waals surface area contributed by atoms with Crippen molar-refractivity contribution in [3.63, 3.8) is 0 Å². The van der Waals surface area contributed by atoms with Gasteiger partial charge in [-0.15, -0.1) is 0 Å². The molecule has 6 nitrogen and oxygen atoms in total. The summed E-state index contributed by atoms with van der Waals surface area (Å²) >= 11 is 0. The summed E-state index contributed by atoms with van der Waals surface area (Å²) in [5.41, 5.74) is 0.211. The molecule has 2 aromatic heterocycles. The van der Waals surface area contributed by atoms with E-state index in [0.29, 0.717) is 12.3 Å². The molecule has 2 heterocycles. The van der Waals surface area contributed by atoms with Crippen molar-refractivity contribution in [2.75, 3.05) is 18.0 Å². The molecule has 1 N–H and O–H groups in total. The molecule has 104 valence electrons. The standard InChI is InChI=1S/C13H21N5O/c1-5-10-7-11(17(6-2)8-13(3,4)19)18-12(16-10)14-9-15-18/h7,9,19H,5-6,8H2,1-4H3. The largest absolute Gasteiger partial charge is 0.389 e. The summed E-state index contributed by atoms with van der Waals surface area (Å²) in [6, 6.07) is 2.01. The van der Waals surface area contributed by atoms with Crippen LogP contribution in [-0.4, -0.2) is 43.4 Å². The zero-order valence-electron chi connectivity index (χ0n) is 12.0. The lowest BCUT2D eigenvalue weighted by Crippen LogP contribution is -2.39. The van der Waals surface area contributed by atoms with Crippen molar-refractivity contribution in [3.8, 4) is 0 Å². The van der Waals surface area contributed by atoms with Crippen LogP contribution in [0.1, 0.15) is 33.4 Å². The van der Waals surface area contributed by atoms with Crippen LogP contribution in [0.25, 0.3) is 5.78 Å². The highest BCUT2D eigenvalue weighted by Gasteiger charge is 2.20. The fraction of sp³-hybridized carbons (Fsp3) is 0.615. The van der Waals surface area contributed by atoms with Gasteiger partial charge in [0.1, 0.15) is 12.1 Å². The van der Waals surface area contributed by atoms with Crippen molar-refractivity contribution in [1.29, 1.82) is 0 Å². The van der Waals surface area contributed by atoms with Crippen molar-refractivity contribution < 1.29 is 5.11 Å². The summed E-state index contributed by atoms with van der Waals surface area (Å²) in [7, 11) is 0. The van der Waals surface area contributed by atoms with Crippen LogP contribution in [0.3, 0.4) is 0 Å². The van der Waals surface area contributed by atoms with Crippen LogP contribution in [0.15, 0.2) is 12.4 Å². The predicted molar refractivity (Wildman–Crippen MR) is 74.3 cm³/mol. The van der Waals surface area contributed by atoms with Gasteiger partial charge in [-0.1, -0.05) is 6.92 Å². The average molecular weight is 263 g/mol. The first-order valence-corrected chi connectivity index (χ1v) is 6.61. The molecule has 0 aromatic carbocycles. The van der Waals surface area contributed by atoms with Gasteiger partial charge in [-0.3, -0.25) is 0 Å².